The summed E-state index contributed by atoms with van der Waals surface area (Å²) >= 11 is 5.81. The average molecular weight is 331 g/mol. The Kier molecular flexibility index (Phi) is 5.66. The maximum Gasteiger partial charge on any atom is 0.216 e. The van der Waals surface area contributed by atoms with Crippen LogP contribution in [0.4, 0.5) is 0 Å². The highest BCUT2D eigenvalue weighted by Gasteiger charge is 2.24. The van der Waals surface area contributed by atoms with Crippen molar-refractivity contribution in [3.8, 4) is 0 Å². The van der Waals surface area contributed by atoms with Crippen LogP contribution in [0.2, 0.25) is 5.02 Å². The molecule has 1 aliphatic heterocycles. The van der Waals surface area contributed by atoms with Gasteiger partial charge < -0.3 is 4.90 Å². The van der Waals surface area contributed by atoms with Crippen molar-refractivity contribution in [1.82, 2.24) is 9.62 Å². The van der Waals surface area contributed by atoms with Gasteiger partial charge in [0.05, 0.1) is 5.75 Å². The van der Waals surface area contributed by atoms with Crippen molar-refractivity contribution < 1.29 is 8.42 Å². The Morgan fingerprint density at radius 2 is 1.81 bits per heavy atom. The highest BCUT2D eigenvalue weighted by Crippen LogP contribution is 2.16. The van der Waals surface area contributed by atoms with Gasteiger partial charge in [0.2, 0.25) is 10.0 Å². The molecule has 6 heteroatoms. The lowest BCUT2D eigenvalue weighted by molar-refractivity contribution is 0.168. The molecule has 1 aromatic carbocycles. The first-order valence-corrected chi connectivity index (χ1v) is 9.37. The number of nitrogens with one attached hydrogen (secondary N) is 1. The predicted molar refractivity (Wildman–Crippen MR) is 86.9 cm³/mol. The SMILES string of the molecule is CC(C)N1CCC(NS(=O)(=O)Cc2ccc(Cl)cc2)CC1. The maximum absolute atomic E-state index is 12.2. The summed E-state index contributed by atoms with van der Waals surface area (Å²) in [6.07, 6.45) is 1.75. The van der Waals surface area contributed by atoms with E-state index < -0.39 is 10.0 Å². The van der Waals surface area contributed by atoms with Gasteiger partial charge in [0.1, 0.15) is 0 Å². The Bertz CT molecular complexity index is 550. The molecule has 4 nitrogen and oxygen atoms in total. The second kappa shape index (κ2) is 7.09. The fourth-order valence-electron chi connectivity index (χ4n) is 2.63. The molecular formula is C15H23ClN2O2S. The molecule has 0 spiro atoms. The molecule has 0 bridgehead atoms. The number of likely N-dealkylation sites (tertiary alicyclic amines) is 1. The van der Waals surface area contributed by atoms with Crippen LogP contribution in [-0.2, 0) is 15.8 Å². The van der Waals surface area contributed by atoms with E-state index in [0.29, 0.717) is 11.1 Å². The average Bonchev–Trinajstić information content (AvgIpc) is 2.41. The van der Waals surface area contributed by atoms with E-state index >= 15 is 0 Å². The largest absolute Gasteiger partial charge is 0.301 e. The molecule has 0 aliphatic carbocycles. The number of benzene rings is 1. The van der Waals surface area contributed by atoms with Gasteiger partial charge in [0.15, 0.2) is 0 Å². The summed E-state index contributed by atoms with van der Waals surface area (Å²) in [6, 6.07) is 7.52. The zero-order valence-corrected chi connectivity index (χ0v) is 14.1. The molecule has 0 saturated carbocycles. The number of sulfonamides is 1. The second-order valence-corrected chi connectivity index (χ2v) is 8.10. The molecule has 0 radical (unpaired) electrons. The van der Waals surface area contributed by atoms with Gasteiger partial charge in [-0.1, -0.05) is 23.7 Å². The van der Waals surface area contributed by atoms with Crippen molar-refractivity contribution >= 4 is 21.6 Å². The molecule has 1 aromatic rings. The number of halogens is 1. The molecule has 1 heterocycles. The highest BCUT2D eigenvalue weighted by atomic mass is 35.5. The molecule has 0 atom stereocenters. The number of piperidine rings is 1. The van der Waals surface area contributed by atoms with Gasteiger partial charge in [-0.05, 0) is 57.5 Å². The lowest BCUT2D eigenvalue weighted by atomic mass is 10.1. The Labute approximate surface area is 132 Å². The number of nitrogens with zero attached hydrogens (tertiary/aromatic N) is 1. The zero-order valence-electron chi connectivity index (χ0n) is 12.5. The Morgan fingerprint density at radius 1 is 1.24 bits per heavy atom. The molecule has 21 heavy (non-hydrogen) atoms. The van der Waals surface area contributed by atoms with Crippen molar-refractivity contribution in [2.24, 2.45) is 0 Å². The lowest BCUT2D eigenvalue weighted by Crippen LogP contribution is -2.46. The smallest absolute Gasteiger partial charge is 0.216 e. The van der Waals surface area contributed by atoms with Crippen LogP contribution in [0.15, 0.2) is 24.3 Å². The number of rotatable bonds is 5. The standard InChI is InChI=1S/C15H23ClN2O2S/c1-12(2)18-9-7-15(8-10-18)17-21(19,20)11-13-3-5-14(16)6-4-13/h3-6,12,15,17H,7-11H2,1-2H3. The van der Waals surface area contributed by atoms with Crippen LogP contribution in [-0.4, -0.2) is 38.5 Å². The monoisotopic (exact) mass is 330 g/mol. The van der Waals surface area contributed by atoms with E-state index in [0.717, 1.165) is 31.5 Å². The van der Waals surface area contributed by atoms with Gasteiger partial charge in [0, 0.05) is 17.1 Å². The summed E-state index contributed by atoms with van der Waals surface area (Å²) in [5, 5.41) is 0.616. The lowest BCUT2D eigenvalue weighted by Gasteiger charge is -2.34. The van der Waals surface area contributed by atoms with Gasteiger partial charge in [-0.25, -0.2) is 13.1 Å². The van der Waals surface area contributed by atoms with Gasteiger partial charge in [-0.2, -0.15) is 0 Å². The molecule has 0 unspecified atom stereocenters. The van der Waals surface area contributed by atoms with Crippen LogP contribution in [0.1, 0.15) is 32.3 Å². The van der Waals surface area contributed by atoms with Crippen molar-refractivity contribution in [2.45, 2.75) is 44.5 Å². The minimum atomic E-state index is -3.30. The van der Waals surface area contributed by atoms with E-state index in [1.54, 1.807) is 24.3 Å². The predicted octanol–water partition coefficient (Wildman–Crippen LogP) is 2.63. The van der Waals surface area contributed by atoms with Crippen LogP contribution in [0, 0.1) is 0 Å². The molecule has 0 amide bonds. The minimum Gasteiger partial charge on any atom is -0.301 e. The first-order valence-electron chi connectivity index (χ1n) is 7.34. The number of hydrogen-bond donors (Lipinski definition) is 1. The van der Waals surface area contributed by atoms with Gasteiger partial charge in [-0.3, -0.25) is 0 Å². The molecule has 1 aliphatic rings. The van der Waals surface area contributed by atoms with E-state index in [1.807, 2.05) is 0 Å². The Hall–Kier alpha value is -0.620. The van der Waals surface area contributed by atoms with Crippen molar-refractivity contribution in [3.63, 3.8) is 0 Å². The quantitative estimate of drug-likeness (QED) is 0.903. The van der Waals surface area contributed by atoms with E-state index in [1.165, 1.54) is 0 Å². The highest BCUT2D eigenvalue weighted by molar-refractivity contribution is 7.88. The van der Waals surface area contributed by atoms with Gasteiger partial charge in [0.25, 0.3) is 0 Å². The third-order valence-electron chi connectivity index (χ3n) is 3.88. The third kappa shape index (κ3) is 5.25. The van der Waals surface area contributed by atoms with Crippen LogP contribution in [0.3, 0.4) is 0 Å². The molecular weight excluding hydrogens is 308 g/mol. The van der Waals surface area contributed by atoms with Crippen LogP contribution < -0.4 is 4.72 Å². The summed E-state index contributed by atoms with van der Waals surface area (Å²) in [5.74, 6) is 0.00850. The van der Waals surface area contributed by atoms with Crippen LogP contribution in [0.5, 0.6) is 0 Å². The molecule has 2 rings (SSSR count). The van der Waals surface area contributed by atoms with E-state index in [2.05, 4.69) is 23.5 Å². The van der Waals surface area contributed by atoms with Crippen LogP contribution in [0.25, 0.3) is 0 Å². The zero-order chi connectivity index (χ0) is 15.5. The fraction of sp³-hybridized carbons (Fsp3) is 0.600. The molecule has 1 N–H and O–H groups in total. The molecule has 1 fully saturated rings. The van der Waals surface area contributed by atoms with E-state index in [-0.39, 0.29) is 11.8 Å². The van der Waals surface area contributed by atoms with E-state index in [4.69, 9.17) is 11.6 Å². The summed E-state index contributed by atoms with van der Waals surface area (Å²) in [6.45, 7) is 6.24. The van der Waals surface area contributed by atoms with Crippen LogP contribution >= 0.6 is 11.6 Å². The number of hydrogen-bond acceptors (Lipinski definition) is 3. The van der Waals surface area contributed by atoms with Gasteiger partial charge in [-0.15, -0.1) is 0 Å². The maximum atomic E-state index is 12.2. The summed E-state index contributed by atoms with van der Waals surface area (Å²) in [5.41, 5.74) is 0.756. The second-order valence-electron chi connectivity index (χ2n) is 5.91. The summed E-state index contributed by atoms with van der Waals surface area (Å²) in [7, 11) is -3.30. The third-order valence-corrected chi connectivity index (χ3v) is 5.53. The molecule has 1 saturated heterocycles. The van der Waals surface area contributed by atoms with Crippen molar-refractivity contribution in [2.75, 3.05) is 13.1 Å². The fourth-order valence-corrected chi connectivity index (χ4v) is 4.21. The van der Waals surface area contributed by atoms with Crippen molar-refractivity contribution in [1.29, 1.82) is 0 Å². The Morgan fingerprint density at radius 3 is 2.33 bits per heavy atom. The minimum absolute atomic E-state index is 0.00850. The topological polar surface area (TPSA) is 49.4 Å². The summed E-state index contributed by atoms with van der Waals surface area (Å²) in [4.78, 5) is 2.38. The molecule has 0 aromatic heterocycles. The van der Waals surface area contributed by atoms with Crippen molar-refractivity contribution in [3.05, 3.63) is 34.9 Å². The summed E-state index contributed by atoms with van der Waals surface area (Å²) < 4.78 is 27.3. The van der Waals surface area contributed by atoms with E-state index in [9.17, 15) is 8.42 Å². The first-order chi connectivity index (χ1) is 9.85. The first kappa shape index (κ1) is 16.7. The molecule has 118 valence electrons. The Balaban J connectivity index is 1.88. The van der Waals surface area contributed by atoms with Gasteiger partial charge >= 0.3 is 0 Å². The normalized spacial score (nSPS) is 18.3.